The Hall–Kier alpha value is -1.67. The molecule has 0 aliphatic carbocycles. The summed E-state index contributed by atoms with van der Waals surface area (Å²) in [6.07, 6.45) is 1.05. The van der Waals surface area contributed by atoms with E-state index < -0.39 is 6.10 Å². The second-order valence-electron chi connectivity index (χ2n) is 3.07. The topological polar surface area (TPSA) is 33.1 Å². The molecule has 2 nitrogen and oxygen atoms in total. The Morgan fingerprint density at radius 2 is 1.64 bits per heavy atom. The summed E-state index contributed by atoms with van der Waals surface area (Å²) in [6.45, 7) is 0. The first-order valence-electron chi connectivity index (χ1n) is 4.52. The lowest BCUT2D eigenvalue weighted by Crippen LogP contribution is -2.01. The average Bonchev–Trinajstić information content (AvgIpc) is 2.30. The number of hydrogen-bond acceptors (Lipinski definition) is 2. The van der Waals surface area contributed by atoms with Crippen LogP contribution in [0.15, 0.2) is 54.7 Å². The van der Waals surface area contributed by atoms with Gasteiger partial charge >= 0.3 is 0 Å². The third-order valence-corrected chi connectivity index (χ3v) is 2.08. The fourth-order valence-electron chi connectivity index (χ4n) is 1.34. The van der Waals surface area contributed by atoms with E-state index in [-0.39, 0.29) is 0 Å². The van der Waals surface area contributed by atoms with Crippen LogP contribution in [0.5, 0.6) is 0 Å². The minimum absolute atomic E-state index is 0.627. The fourth-order valence-corrected chi connectivity index (χ4v) is 1.34. The molecule has 1 atom stereocenters. The molecule has 2 heteroatoms. The van der Waals surface area contributed by atoms with Crippen LogP contribution < -0.4 is 0 Å². The summed E-state index contributed by atoms with van der Waals surface area (Å²) in [5.41, 5.74) is 1.55. The highest BCUT2D eigenvalue weighted by Crippen LogP contribution is 2.18. The van der Waals surface area contributed by atoms with Gasteiger partial charge in [0.15, 0.2) is 0 Å². The molecule has 1 N–H and O–H groups in total. The summed E-state index contributed by atoms with van der Waals surface area (Å²) >= 11 is 0. The van der Waals surface area contributed by atoms with Crippen molar-refractivity contribution in [1.82, 2.24) is 4.98 Å². The number of aliphatic hydroxyl groups excluding tert-OH is 1. The highest BCUT2D eigenvalue weighted by atomic mass is 16.3. The lowest BCUT2D eigenvalue weighted by molar-refractivity contribution is 0.215. The molecule has 14 heavy (non-hydrogen) atoms. The van der Waals surface area contributed by atoms with Gasteiger partial charge in [-0.3, -0.25) is 4.98 Å². The molecule has 1 aromatic carbocycles. The molecule has 70 valence electrons. The van der Waals surface area contributed by atoms with Crippen molar-refractivity contribution in [1.29, 1.82) is 0 Å². The van der Waals surface area contributed by atoms with Crippen LogP contribution in [0.1, 0.15) is 17.4 Å². The van der Waals surface area contributed by atoms with Crippen LogP contribution in [0, 0.1) is 0 Å². The fraction of sp³-hybridized carbons (Fsp3) is 0.0833. The minimum atomic E-state index is -0.627. The zero-order valence-electron chi connectivity index (χ0n) is 7.67. The molecule has 0 spiro atoms. The van der Waals surface area contributed by atoms with E-state index in [2.05, 4.69) is 4.98 Å². The monoisotopic (exact) mass is 185 g/mol. The summed E-state index contributed by atoms with van der Waals surface area (Å²) in [5.74, 6) is 0. The van der Waals surface area contributed by atoms with Crippen molar-refractivity contribution < 1.29 is 5.11 Å². The lowest BCUT2D eigenvalue weighted by Gasteiger charge is -2.09. The van der Waals surface area contributed by atoms with Gasteiger partial charge in [0.2, 0.25) is 0 Å². The Morgan fingerprint density at radius 3 is 2.29 bits per heavy atom. The molecule has 1 heterocycles. The first kappa shape index (κ1) is 8.91. The van der Waals surface area contributed by atoms with Crippen molar-refractivity contribution in [2.45, 2.75) is 6.10 Å². The van der Waals surface area contributed by atoms with Crippen LogP contribution in [0.2, 0.25) is 0 Å². The average molecular weight is 185 g/mol. The van der Waals surface area contributed by atoms with Crippen LogP contribution in [-0.2, 0) is 0 Å². The van der Waals surface area contributed by atoms with E-state index in [0.717, 1.165) is 5.56 Å². The molecular formula is C12H11NO. The smallest absolute Gasteiger partial charge is 0.121 e. The van der Waals surface area contributed by atoms with E-state index in [9.17, 15) is 5.11 Å². The van der Waals surface area contributed by atoms with Gasteiger partial charge in [-0.1, -0.05) is 36.4 Å². The van der Waals surface area contributed by atoms with E-state index in [4.69, 9.17) is 0 Å². The summed E-state index contributed by atoms with van der Waals surface area (Å²) in [6, 6.07) is 15.0. The SMILES string of the molecule is O[C@H](c1ccccc1)c1ccccn1. The second kappa shape index (κ2) is 4.03. The number of nitrogens with zero attached hydrogens (tertiary/aromatic N) is 1. The molecule has 0 saturated carbocycles. The Balaban J connectivity index is 2.30. The Labute approximate surface area is 82.9 Å². The van der Waals surface area contributed by atoms with Crippen LogP contribution in [0.4, 0.5) is 0 Å². The van der Waals surface area contributed by atoms with Crippen LogP contribution in [-0.4, -0.2) is 10.1 Å². The van der Waals surface area contributed by atoms with Crippen LogP contribution >= 0.6 is 0 Å². The van der Waals surface area contributed by atoms with Gasteiger partial charge in [-0.05, 0) is 17.7 Å². The van der Waals surface area contributed by atoms with Gasteiger partial charge in [0.1, 0.15) is 6.10 Å². The predicted octanol–water partition coefficient (Wildman–Crippen LogP) is 2.16. The third kappa shape index (κ3) is 1.80. The molecule has 0 radical (unpaired) electrons. The molecular weight excluding hydrogens is 174 g/mol. The summed E-state index contributed by atoms with van der Waals surface area (Å²) in [5, 5.41) is 9.93. The maximum absolute atomic E-state index is 9.93. The van der Waals surface area contributed by atoms with Gasteiger partial charge < -0.3 is 5.11 Å². The van der Waals surface area contributed by atoms with E-state index >= 15 is 0 Å². The first-order chi connectivity index (χ1) is 6.88. The van der Waals surface area contributed by atoms with Gasteiger partial charge in [-0.15, -0.1) is 0 Å². The highest BCUT2D eigenvalue weighted by Gasteiger charge is 2.09. The largest absolute Gasteiger partial charge is 0.382 e. The second-order valence-corrected chi connectivity index (χ2v) is 3.07. The standard InChI is InChI=1S/C12H11NO/c14-12(10-6-2-1-3-7-10)11-8-4-5-9-13-11/h1-9,12,14H/t12-/m1/s1. The van der Waals surface area contributed by atoms with Gasteiger partial charge in [0, 0.05) is 6.20 Å². The Kier molecular flexibility index (Phi) is 2.56. The number of rotatable bonds is 2. The number of pyridine rings is 1. The Morgan fingerprint density at radius 1 is 0.929 bits per heavy atom. The molecule has 0 fully saturated rings. The molecule has 1 aromatic heterocycles. The summed E-state index contributed by atoms with van der Waals surface area (Å²) < 4.78 is 0. The molecule has 0 saturated heterocycles. The summed E-state index contributed by atoms with van der Waals surface area (Å²) in [7, 11) is 0. The third-order valence-electron chi connectivity index (χ3n) is 2.08. The van der Waals surface area contributed by atoms with Crippen molar-refractivity contribution >= 4 is 0 Å². The van der Waals surface area contributed by atoms with Gasteiger partial charge in [0.05, 0.1) is 5.69 Å². The van der Waals surface area contributed by atoms with Crippen LogP contribution in [0.25, 0.3) is 0 Å². The highest BCUT2D eigenvalue weighted by molar-refractivity contribution is 5.25. The molecule has 2 aromatic rings. The Bertz CT molecular complexity index is 346. The van der Waals surface area contributed by atoms with Crippen molar-refractivity contribution in [3.05, 3.63) is 66.0 Å². The van der Waals surface area contributed by atoms with Crippen molar-refractivity contribution in [3.63, 3.8) is 0 Å². The van der Waals surface area contributed by atoms with Crippen molar-refractivity contribution in [2.75, 3.05) is 0 Å². The molecule has 0 amide bonds. The van der Waals surface area contributed by atoms with E-state index in [0.29, 0.717) is 5.69 Å². The van der Waals surface area contributed by atoms with Crippen LogP contribution in [0.3, 0.4) is 0 Å². The van der Waals surface area contributed by atoms with E-state index in [1.165, 1.54) is 0 Å². The van der Waals surface area contributed by atoms with E-state index in [1.807, 2.05) is 48.5 Å². The maximum atomic E-state index is 9.93. The zero-order chi connectivity index (χ0) is 9.80. The van der Waals surface area contributed by atoms with Gasteiger partial charge in [0.25, 0.3) is 0 Å². The number of benzene rings is 1. The van der Waals surface area contributed by atoms with Crippen molar-refractivity contribution in [3.8, 4) is 0 Å². The lowest BCUT2D eigenvalue weighted by atomic mass is 10.1. The first-order valence-corrected chi connectivity index (χ1v) is 4.52. The number of aromatic nitrogens is 1. The van der Waals surface area contributed by atoms with E-state index in [1.54, 1.807) is 6.20 Å². The maximum Gasteiger partial charge on any atom is 0.121 e. The molecule has 0 unspecified atom stereocenters. The zero-order valence-corrected chi connectivity index (χ0v) is 7.67. The molecule has 2 rings (SSSR count). The molecule has 0 bridgehead atoms. The van der Waals surface area contributed by atoms with Crippen molar-refractivity contribution in [2.24, 2.45) is 0 Å². The molecule has 0 aliphatic heterocycles. The van der Waals surface area contributed by atoms with Gasteiger partial charge in [-0.25, -0.2) is 0 Å². The predicted molar refractivity (Wildman–Crippen MR) is 54.7 cm³/mol. The minimum Gasteiger partial charge on any atom is -0.382 e. The quantitative estimate of drug-likeness (QED) is 0.777. The van der Waals surface area contributed by atoms with Gasteiger partial charge in [-0.2, -0.15) is 0 Å². The normalized spacial score (nSPS) is 12.4. The summed E-state index contributed by atoms with van der Waals surface area (Å²) in [4.78, 5) is 4.11. The number of hydrogen-bond donors (Lipinski definition) is 1. The molecule has 0 aliphatic rings. The number of aliphatic hydroxyl groups is 1.